The molecule has 70 valence electrons. The molecule has 0 aliphatic carbocycles. The van der Waals surface area contributed by atoms with E-state index in [4.69, 9.17) is 33.7 Å². The Bertz CT molecular complexity index is 292. The summed E-state index contributed by atoms with van der Waals surface area (Å²) >= 11 is 11.3. The first-order valence-corrected chi connectivity index (χ1v) is 4.00. The SMILES string of the molecule is OOB(OO)c1ccc(Cl)cc1Cl. The van der Waals surface area contributed by atoms with Crippen molar-refractivity contribution in [2.24, 2.45) is 0 Å². The molecule has 0 aliphatic rings. The molecular formula is C6H5BCl2O4. The van der Waals surface area contributed by atoms with E-state index in [9.17, 15) is 0 Å². The molecule has 7 heteroatoms. The van der Waals surface area contributed by atoms with Crippen molar-refractivity contribution in [1.29, 1.82) is 0 Å². The Morgan fingerprint density at radius 1 is 1.15 bits per heavy atom. The van der Waals surface area contributed by atoms with Crippen molar-refractivity contribution in [1.82, 2.24) is 0 Å². The third-order valence-electron chi connectivity index (χ3n) is 1.41. The van der Waals surface area contributed by atoms with E-state index < -0.39 is 7.12 Å². The molecule has 0 heterocycles. The van der Waals surface area contributed by atoms with E-state index in [1.54, 1.807) is 0 Å². The highest BCUT2D eigenvalue weighted by atomic mass is 35.5. The van der Waals surface area contributed by atoms with Gasteiger partial charge in [0.05, 0.1) is 0 Å². The fourth-order valence-electron chi connectivity index (χ4n) is 0.825. The number of benzene rings is 1. The lowest BCUT2D eigenvalue weighted by Gasteiger charge is -2.06. The molecule has 0 saturated heterocycles. The zero-order valence-corrected chi connectivity index (χ0v) is 7.79. The molecule has 0 saturated carbocycles. The summed E-state index contributed by atoms with van der Waals surface area (Å²) in [6.45, 7) is 0. The summed E-state index contributed by atoms with van der Waals surface area (Å²) < 4.78 is 0. The molecule has 1 rings (SSSR count). The van der Waals surface area contributed by atoms with Gasteiger partial charge in [-0.3, -0.25) is 20.1 Å². The lowest BCUT2D eigenvalue weighted by atomic mass is 9.80. The van der Waals surface area contributed by atoms with Crippen molar-refractivity contribution in [2.75, 3.05) is 0 Å². The van der Waals surface area contributed by atoms with Crippen LogP contribution in [0.1, 0.15) is 0 Å². The second-order valence-electron chi connectivity index (χ2n) is 2.21. The van der Waals surface area contributed by atoms with E-state index in [1.165, 1.54) is 18.2 Å². The van der Waals surface area contributed by atoms with Gasteiger partial charge in [0.25, 0.3) is 0 Å². The van der Waals surface area contributed by atoms with Crippen LogP contribution in [0.25, 0.3) is 0 Å². The molecule has 0 atom stereocenters. The topological polar surface area (TPSA) is 58.9 Å². The van der Waals surface area contributed by atoms with Crippen LogP contribution in [0.5, 0.6) is 0 Å². The van der Waals surface area contributed by atoms with Gasteiger partial charge in [-0.1, -0.05) is 29.3 Å². The average molecular weight is 223 g/mol. The van der Waals surface area contributed by atoms with E-state index in [2.05, 4.69) is 9.61 Å². The molecule has 0 aliphatic heterocycles. The first-order chi connectivity index (χ1) is 6.19. The van der Waals surface area contributed by atoms with Crippen molar-refractivity contribution in [3.63, 3.8) is 0 Å². The van der Waals surface area contributed by atoms with Gasteiger partial charge in [0, 0.05) is 15.5 Å². The summed E-state index contributed by atoms with van der Waals surface area (Å²) in [5.41, 5.74) is 0.274. The van der Waals surface area contributed by atoms with Crippen LogP contribution in [-0.2, 0) is 9.61 Å². The lowest BCUT2D eigenvalue weighted by molar-refractivity contribution is -0.221. The zero-order valence-electron chi connectivity index (χ0n) is 6.28. The van der Waals surface area contributed by atoms with E-state index in [-0.39, 0.29) is 10.5 Å². The molecule has 4 nitrogen and oxygen atoms in total. The molecule has 2 N–H and O–H groups in total. The van der Waals surface area contributed by atoms with Crippen LogP contribution < -0.4 is 5.46 Å². The molecule has 1 aromatic carbocycles. The van der Waals surface area contributed by atoms with Gasteiger partial charge < -0.3 is 0 Å². The van der Waals surface area contributed by atoms with Crippen LogP contribution in [0.2, 0.25) is 10.0 Å². The molecule has 0 unspecified atom stereocenters. The minimum atomic E-state index is -1.33. The molecule has 0 spiro atoms. The van der Waals surface area contributed by atoms with Crippen LogP contribution in [0.3, 0.4) is 0 Å². The van der Waals surface area contributed by atoms with Crippen LogP contribution >= 0.6 is 23.2 Å². The highest BCUT2D eigenvalue weighted by Gasteiger charge is 2.24. The quantitative estimate of drug-likeness (QED) is 0.464. The molecule has 0 amide bonds. The second kappa shape index (κ2) is 4.81. The number of hydrogen-bond acceptors (Lipinski definition) is 4. The van der Waals surface area contributed by atoms with Crippen LogP contribution in [0.4, 0.5) is 0 Å². The number of halogens is 2. The van der Waals surface area contributed by atoms with Gasteiger partial charge in [-0.05, 0) is 12.1 Å². The largest absolute Gasteiger partial charge is 0.555 e. The highest BCUT2D eigenvalue weighted by Crippen LogP contribution is 2.14. The summed E-state index contributed by atoms with van der Waals surface area (Å²) in [6.07, 6.45) is 0. The predicted octanol–water partition coefficient (Wildman–Crippen LogP) is 1.67. The maximum absolute atomic E-state index is 8.30. The molecule has 0 bridgehead atoms. The Kier molecular flexibility index (Phi) is 3.99. The molecular weight excluding hydrogens is 218 g/mol. The normalized spacial score (nSPS) is 10.2. The van der Waals surface area contributed by atoms with Crippen molar-refractivity contribution in [2.45, 2.75) is 0 Å². The summed E-state index contributed by atoms with van der Waals surface area (Å²) in [6, 6.07) is 4.42. The Labute approximate surface area is 84.6 Å². The summed E-state index contributed by atoms with van der Waals surface area (Å²) in [4.78, 5) is 7.61. The molecule has 0 aromatic heterocycles. The Hall–Kier alpha value is -0.295. The Morgan fingerprint density at radius 3 is 2.23 bits per heavy atom. The highest BCUT2D eigenvalue weighted by molar-refractivity contribution is 6.64. The maximum atomic E-state index is 8.30. The first kappa shape index (κ1) is 10.8. The van der Waals surface area contributed by atoms with Crippen LogP contribution in [0, 0.1) is 0 Å². The minimum absolute atomic E-state index is 0.223. The molecule has 0 radical (unpaired) electrons. The van der Waals surface area contributed by atoms with Crippen molar-refractivity contribution < 1.29 is 20.1 Å². The van der Waals surface area contributed by atoms with Gasteiger partial charge >= 0.3 is 7.12 Å². The van der Waals surface area contributed by atoms with E-state index in [1.807, 2.05) is 0 Å². The van der Waals surface area contributed by atoms with E-state index in [0.29, 0.717) is 5.02 Å². The monoisotopic (exact) mass is 222 g/mol. The Morgan fingerprint density at radius 2 is 1.77 bits per heavy atom. The van der Waals surface area contributed by atoms with Gasteiger partial charge in [0.15, 0.2) is 0 Å². The number of hydrogen-bond donors (Lipinski definition) is 2. The van der Waals surface area contributed by atoms with Crippen molar-refractivity contribution >= 4 is 35.8 Å². The van der Waals surface area contributed by atoms with Gasteiger partial charge in [0.2, 0.25) is 0 Å². The third kappa shape index (κ3) is 2.57. The van der Waals surface area contributed by atoms with Crippen molar-refractivity contribution in [3.8, 4) is 0 Å². The van der Waals surface area contributed by atoms with Gasteiger partial charge in [-0.25, -0.2) is 0 Å². The Balaban J connectivity index is 2.99. The van der Waals surface area contributed by atoms with Crippen molar-refractivity contribution in [3.05, 3.63) is 28.2 Å². The second-order valence-corrected chi connectivity index (χ2v) is 3.05. The summed E-state index contributed by atoms with van der Waals surface area (Å²) in [5, 5.41) is 17.2. The first-order valence-electron chi connectivity index (χ1n) is 3.24. The molecule has 1 aromatic rings. The van der Waals surface area contributed by atoms with Gasteiger partial charge in [-0.15, -0.1) is 0 Å². The van der Waals surface area contributed by atoms with Gasteiger partial charge in [-0.2, -0.15) is 0 Å². The van der Waals surface area contributed by atoms with Crippen LogP contribution in [-0.4, -0.2) is 17.6 Å². The smallest absolute Gasteiger partial charge is 0.264 e. The summed E-state index contributed by atoms with van der Waals surface area (Å²) in [5.74, 6) is 0. The summed E-state index contributed by atoms with van der Waals surface area (Å²) in [7, 11) is -1.33. The maximum Gasteiger partial charge on any atom is 0.555 e. The fourth-order valence-corrected chi connectivity index (χ4v) is 1.32. The van der Waals surface area contributed by atoms with E-state index in [0.717, 1.165) is 0 Å². The fraction of sp³-hybridized carbons (Fsp3) is 0. The average Bonchev–Trinajstić information content (AvgIpc) is 2.10. The van der Waals surface area contributed by atoms with Crippen LogP contribution in [0.15, 0.2) is 18.2 Å². The van der Waals surface area contributed by atoms with E-state index >= 15 is 0 Å². The molecule has 13 heavy (non-hydrogen) atoms. The standard InChI is InChI=1S/C6H5BCl2O4/c8-4-1-2-5(6(9)3-4)7(12-10)13-11/h1-3,10-11H. The zero-order chi connectivity index (χ0) is 9.84. The lowest BCUT2D eigenvalue weighted by Crippen LogP contribution is -2.35. The molecule has 0 fully saturated rings. The minimum Gasteiger partial charge on any atom is -0.264 e. The van der Waals surface area contributed by atoms with Gasteiger partial charge in [0.1, 0.15) is 0 Å². The third-order valence-corrected chi connectivity index (χ3v) is 1.97. The predicted molar refractivity (Wildman–Crippen MR) is 49.3 cm³/mol. The number of rotatable bonds is 3.